The van der Waals surface area contributed by atoms with Gasteiger partial charge in [0.25, 0.3) is 0 Å². The van der Waals surface area contributed by atoms with Gasteiger partial charge < -0.3 is 4.90 Å². The molecule has 1 aliphatic heterocycles. The molecule has 92 valence electrons. The summed E-state index contributed by atoms with van der Waals surface area (Å²) >= 11 is 1.69. The average Bonchev–Trinajstić information content (AvgIpc) is 2.99. The van der Waals surface area contributed by atoms with Crippen molar-refractivity contribution < 1.29 is 4.79 Å². The van der Waals surface area contributed by atoms with E-state index in [4.69, 9.17) is 0 Å². The zero-order valence-corrected chi connectivity index (χ0v) is 11.0. The molecule has 4 heteroatoms. The lowest BCUT2D eigenvalue weighted by Crippen LogP contribution is -2.18. The summed E-state index contributed by atoms with van der Waals surface area (Å²) in [4.78, 5) is 19.1. The molecule has 0 radical (unpaired) electrons. The lowest BCUT2D eigenvalue weighted by atomic mass is 10.1. The van der Waals surface area contributed by atoms with Crippen molar-refractivity contribution in [2.75, 3.05) is 11.4 Å². The van der Waals surface area contributed by atoms with Gasteiger partial charge in [0.15, 0.2) is 5.78 Å². The molecule has 1 aromatic carbocycles. The van der Waals surface area contributed by atoms with Crippen LogP contribution in [0, 0.1) is 0 Å². The molecule has 1 aliphatic rings. The number of benzene rings is 1. The van der Waals surface area contributed by atoms with Gasteiger partial charge in [0.2, 0.25) is 0 Å². The summed E-state index contributed by atoms with van der Waals surface area (Å²) in [5.74, 6) is 0.138. The molecule has 0 bridgehead atoms. The number of nitrogens with zero attached hydrogens (tertiary/aromatic N) is 2. The van der Waals surface area contributed by atoms with Crippen LogP contribution in [0.4, 0.5) is 5.69 Å². The topological polar surface area (TPSA) is 33.2 Å². The number of hydrogen-bond donors (Lipinski definition) is 0. The maximum absolute atomic E-state index is 11.4. The first kappa shape index (κ1) is 11.4. The van der Waals surface area contributed by atoms with Gasteiger partial charge in [0, 0.05) is 28.9 Å². The fraction of sp³-hybridized carbons (Fsp3) is 0.286. The molecule has 2 aromatic rings. The van der Waals surface area contributed by atoms with Gasteiger partial charge in [-0.1, -0.05) is 0 Å². The molecule has 0 N–H and O–H groups in total. The standard InChI is InChI=1S/C14H14N2OS/c1-10(17)11-2-3-14-12(6-11)4-5-16(14)8-13-7-15-9-18-13/h2-3,6-7,9H,4-5,8H2,1H3. The van der Waals surface area contributed by atoms with Crippen molar-refractivity contribution in [3.05, 3.63) is 45.9 Å². The maximum atomic E-state index is 11.4. The molecule has 0 aliphatic carbocycles. The minimum atomic E-state index is 0.138. The summed E-state index contributed by atoms with van der Waals surface area (Å²) in [6.45, 7) is 3.55. The Morgan fingerprint density at radius 3 is 3.11 bits per heavy atom. The normalized spacial score (nSPS) is 13.7. The number of aromatic nitrogens is 1. The van der Waals surface area contributed by atoms with Gasteiger partial charge in [0.1, 0.15) is 0 Å². The van der Waals surface area contributed by atoms with Gasteiger partial charge >= 0.3 is 0 Å². The first-order chi connectivity index (χ1) is 8.74. The van der Waals surface area contributed by atoms with Crippen LogP contribution >= 0.6 is 11.3 Å². The molecule has 0 amide bonds. The second kappa shape index (κ2) is 4.53. The first-order valence-electron chi connectivity index (χ1n) is 6.00. The zero-order chi connectivity index (χ0) is 12.5. The minimum absolute atomic E-state index is 0.138. The predicted molar refractivity (Wildman–Crippen MR) is 73.3 cm³/mol. The van der Waals surface area contributed by atoms with E-state index >= 15 is 0 Å². The third kappa shape index (κ3) is 2.04. The molecule has 18 heavy (non-hydrogen) atoms. The SMILES string of the molecule is CC(=O)c1ccc2c(c1)CCN2Cc1cncs1. The van der Waals surface area contributed by atoms with Crippen molar-refractivity contribution >= 4 is 22.8 Å². The highest BCUT2D eigenvalue weighted by molar-refractivity contribution is 7.09. The van der Waals surface area contributed by atoms with E-state index in [1.165, 1.54) is 16.1 Å². The third-order valence-electron chi connectivity index (χ3n) is 3.31. The second-order valence-electron chi connectivity index (χ2n) is 4.54. The van der Waals surface area contributed by atoms with Crippen LogP contribution in [0.25, 0.3) is 0 Å². The molecule has 0 fully saturated rings. The number of carbonyl (C=O) groups is 1. The Balaban J connectivity index is 1.86. The predicted octanol–water partition coefficient (Wildman–Crippen LogP) is 2.91. The summed E-state index contributed by atoms with van der Waals surface area (Å²) in [5.41, 5.74) is 5.22. The number of thiazole rings is 1. The zero-order valence-electron chi connectivity index (χ0n) is 10.2. The highest BCUT2D eigenvalue weighted by Crippen LogP contribution is 2.30. The van der Waals surface area contributed by atoms with Crippen molar-refractivity contribution in [2.45, 2.75) is 19.9 Å². The van der Waals surface area contributed by atoms with E-state index in [0.717, 1.165) is 25.1 Å². The molecule has 0 saturated heterocycles. The van der Waals surface area contributed by atoms with Crippen LogP contribution in [-0.4, -0.2) is 17.3 Å². The Hall–Kier alpha value is -1.68. The van der Waals surface area contributed by atoms with E-state index in [-0.39, 0.29) is 5.78 Å². The summed E-state index contributed by atoms with van der Waals surface area (Å²) in [7, 11) is 0. The number of carbonyl (C=O) groups excluding carboxylic acids is 1. The maximum Gasteiger partial charge on any atom is 0.159 e. The summed E-state index contributed by atoms with van der Waals surface area (Å²) < 4.78 is 0. The minimum Gasteiger partial charge on any atom is -0.366 e. The van der Waals surface area contributed by atoms with Crippen molar-refractivity contribution in [3.8, 4) is 0 Å². The van der Waals surface area contributed by atoms with Crippen molar-refractivity contribution in [2.24, 2.45) is 0 Å². The monoisotopic (exact) mass is 258 g/mol. The number of Topliss-reactive ketones (excluding diaryl/α,β-unsaturated/α-hetero) is 1. The number of fused-ring (bicyclic) bond motifs is 1. The smallest absolute Gasteiger partial charge is 0.159 e. The van der Waals surface area contributed by atoms with Crippen molar-refractivity contribution in [3.63, 3.8) is 0 Å². The van der Waals surface area contributed by atoms with Gasteiger partial charge in [-0.15, -0.1) is 11.3 Å². The molecule has 3 nitrogen and oxygen atoms in total. The molecular weight excluding hydrogens is 244 g/mol. The largest absolute Gasteiger partial charge is 0.366 e. The molecule has 0 atom stereocenters. The molecule has 0 spiro atoms. The van der Waals surface area contributed by atoms with Crippen LogP contribution in [0.15, 0.2) is 29.9 Å². The first-order valence-corrected chi connectivity index (χ1v) is 6.88. The average molecular weight is 258 g/mol. The Labute approximate surface area is 110 Å². The van der Waals surface area contributed by atoms with Gasteiger partial charge in [-0.2, -0.15) is 0 Å². The Morgan fingerprint density at radius 1 is 1.50 bits per heavy atom. The fourth-order valence-corrected chi connectivity index (χ4v) is 2.97. The number of anilines is 1. The summed E-state index contributed by atoms with van der Waals surface area (Å²) in [6.07, 6.45) is 2.95. The van der Waals surface area contributed by atoms with Crippen molar-refractivity contribution in [1.29, 1.82) is 0 Å². The van der Waals surface area contributed by atoms with Crippen LogP contribution in [-0.2, 0) is 13.0 Å². The molecule has 3 rings (SSSR count). The fourth-order valence-electron chi connectivity index (χ4n) is 2.36. The van der Waals surface area contributed by atoms with Gasteiger partial charge in [0.05, 0.1) is 12.1 Å². The molecule has 1 aromatic heterocycles. The van der Waals surface area contributed by atoms with Crippen LogP contribution in [0.1, 0.15) is 27.7 Å². The third-order valence-corrected chi connectivity index (χ3v) is 4.07. The van der Waals surface area contributed by atoms with Gasteiger partial charge in [-0.25, -0.2) is 0 Å². The molecule has 2 heterocycles. The number of hydrogen-bond acceptors (Lipinski definition) is 4. The highest BCUT2D eigenvalue weighted by Gasteiger charge is 2.20. The van der Waals surface area contributed by atoms with Crippen LogP contribution in [0.5, 0.6) is 0 Å². The Bertz CT molecular complexity index is 577. The quantitative estimate of drug-likeness (QED) is 0.794. The van der Waals surface area contributed by atoms with E-state index in [2.05, 4.69) is 16.0 Å². The van der Waals surface area contributed by atoms with E-state index < -0.39 is 0 Å². The van der Waals surface area contributed by atoms with Crippen molar-refractivity contribution in [1.82, 2.24) is 4.98 Å². The Morgan fingerprint density at radius 2 is 2.39 bits per heavy atom. The molecule has 0 saturated carbocycles. The summed E-state index contributed by atoms with van der Waals surface area (Å²) in [5, 5.41) is 0. The number of rotatable bonds is 3. The molecular formula is C14H14N2OS. The van der Waals surface area contributed by atoms with Crippen LogP contribution < -0.4 is 4.90 Å². The Kier molecular flexibility index (Phi) is 2.88. The van der Waals surface area contributed by atoms with Crippen LogP contribution in [0.2, 0.25) is 0 Å². The number of ketones is 1. The lowest BCUT2D eigenvalue weighted by molar-refractivity contribution is 0.101. The second-order valence-corrected chi connectivity index (χ2v) is 5.51. The van der Waals surface area contributed by atoms with E-state index in [0.29, 0.717) is 0 Å². The van der Waals surface area contributed by atoms with Crippen LogP contribution in [0.3, 0.4) is 0 Å². The van der Waals surface area contributed by atoms with E-state index in [1.54, 1.807) is 18.3 Å². The van der Waals surface area contributed by atoms with E-state index in [9.17, 15) is 4.79 Å². The lowest BCUT2D eigenvalue weighted by Gasteiger charge is -2.18. The van der Waals surface area contributed by atoms with Gasteiger partial charge in [-0.3, -0.25) is 9.78 Å². The van der Waals surface area contributed by atoms with Gasteiger partial charge in [-0.05, 0) is 37.1 Å². The highest BCUT2D eigenvalue weighted by atomic mass is 32.1. The molecule has 0 unspecified atom stereocenters. The summed E-state index contributed by atoms with van der Waals surface area (Å²) in [6, 6.07) is 6.02. The van der Waals surface area contributed by atoms with E-state index in [1.807, 2.05) is 23.8 Å².